The van der Waals surface area contributed by atoms with E-state index < -0.39 is 0 Å². The predicted octanol–water partition coefficient (Wildman–Crippen LogP) is 3.42. The number of guanidine groups is 1. The minimum absolute atomic E-state index is 0. The van der Waals surface area contributed by atoms with Crippen LogP contribution >= 0.6 is 24.0 Å². The van der Waals surface area contributed by atoms with Crippen LogP contribution in [0.4, 0.5) is 5.69 Å². The van der Waals surface area contributed by atoms with Gasteiger partial charge >= 0.3 is 0 Å². The summed E-state index contributed by atoms with van der Waals surface area (Å²) in [4.78, 5) is 23.1. The molecule has 2 heterocycles. The molecule has 178 valence electrons. The lowest BCUT2D eigenvalue weighted by Crippen LogP contribution is -2.52. The van der Waals surface area contributed by atoms with Crippen molar-refractivity contribution in [1.29, 1.82) is 0 Å². The molecule has 0 spiro atoms. The number of anilines is 1. The fraction of sp³-hybridized carbons (Fsp3) is 0.440. The van der Waals surface area contributed by atoms with Crippen molar-refractivity contribution in [2.75, 3.05) is 44.2 Å². The summed E-state index contributed by atoms with van der Waals surface area (Å²) in [6.07, 6.45) is 1.65. The zero-order chi connectivity index (χ0) is 22.3. The standard InChI is InChI=1S/C25H33N5O2.HI/c1-2-26-25(29-16-14-28(15-17-29)22-6-3-4-7-23(22)31)27-18-20-9-11-21(12-10-20)19-30-13-5-8-24(30)32;/h3-4,6-7,9-12,31H,2,5,8,13-19H2,1H3,(H,26,27);1H. The first-order valence-corrected chi connectivity index (χ1v) is 11.6. The van der Waals surface area contributed by atoms with Gasteiger partial charge in [-0.3, -0.25) is 4.79 Å². The highest BCUT2D eigenvalue weighted by Gasteiger charge is 2.22. The lowest BCUT2D eigenvalue weighted by atomic mass is 10.1. The number of halogens is 1. The summed E-state index contributed by atoms with van der Waals surface area (Å²) in [5.41, 5.74) is 3.22. The van der Waals surface area contributed by atoms with Crippen LogP contribution in [0, 0.1) is 0 Å². The molecule has 2 aliphatic heterocycles. The Kier molecular flexibility index (Phi) is 9.22. The summed E-state index contributed by atoms with van der Waals surface area (Å²) in [6.45, 7) is 8.47. The molecule has 2 saturated heterocycles. The Hall–Kier alpha value is -2.49. The molecule has 0 unspecified atom stereocenters. The molecule has 4 rings (SSSR count). The summed E-state index contributed by atoms with van der Waals surface area (Å²) in [5.74, 6) is 1.52. The van der Waals surface area contributed by atoms with E-state index in [4.69, 9.17) is 4.99 Å². The Morgan fingerprint density at radius 1 is 1.00 bits per heavy atom. The number of hydrogen-bond acceptors (Lipinski definition) is 4. The van der Waals surface area contributed by atoms with Crippen LogP contribution < -0.4 is 10.2 Å². The molecule has 0 aliphatic carbocycles. The maximum atomic E-state index is 11.8. The number of nitrogens with one attached hydrogen (secondary N) is 1. The van der Waals surface area contributed by atoms with Crippen LogP contribution in [0.1, 0.15) is 30.9 Å². The van der Waals surface area contributed by atoms with E-state index in [-0.39, 0.29) is 29.9 Å². The van der Waals surface area contributed by atoms with Gasteiger partial charge in [-0.15, -0.1) is 24.0 Å². The van der Waals surface area contributed by atoms with Gasteiger partial charge in [0.25, 0.3) is 0 Å². The number of phenols is 1. The average Bonchev–Trinajstić information content (AvgIpc) is 3.22. The summed E-state index contributed by atoms with van der Waals surface area (Å²) in [5, 5.41) is 13.6. The van der Waals surface area contributed by atoms with E-state index in [1.807, 2.05) is 23.1 Å². The van der Waals surface area contributed by atoms with Crippen LogP contribution in [-0.4, -0.2) is 66.0 Å². The van der Waals surface area contributed by atoms with Crippen molar-refractivity contribution in [2.24, 2.45) is 4.99 Å². The topological polar surface area (TPSA) is 71.4 Å². The minimum atomic E-state index is 0. The van der Waals surface area contributed by atoms with E-state index in [1.165, 1.54) is 5.56 Å². The van der Waals surface area contributed by atoms with Crippen molar-refractivity contribution in [3.05, 3.63) is 59.7 Å². The van der Waals surface area contributed by atoms with Gasteiger partial charge in [0, 0.05) is 52.2 Å². The molecule has 0 bridgehead atoms. The van der Waals surface area contributed by atoms with E-state index in [2.05, 4.69) is 46.3 Å². The normalized spacial score (nSPS) is 16.7. The lowest BCUT2D eigenvalue weighted by molar-refractivity contribution is -0.128. The Balaban J connectivity index is 0.00000306. The first-order chi connectivity index (χ1) is 15.6. The van der Waals surface area contributed by atoms with Gasteiger partial charge in [0.05, 0.1) is 12.2 Å². The molecule has 0 atom stereocenters. The number of benzene rings is 2. The summed E-state index contributed by atoms with van der Waals surface area (Å²) >= 11 is 0. The van der Waals surface area contributed by atoms with Crippen LogP contribution in [0.25, 0.3) is 0 Å². The second-order valence-electron chi connectivity index (χ2n) is 8.37. The first-order valence-electron chi connectivity index (χ1n) is 11.6. The fourth-order valence-electron chi connectivity index (χ4n) is 4.32. The third-order valence-electron chi connectivity index (χ3n) is 6.12. The molecular formula is C25H34IN5O2. The lowest BCUT2D eigenvalue weighted by Gasteiger charge is -2.37. The number of hydrogen-bond donors (Lipinski definition) is 2. The number of piperazine rings is 1. The SMILES string of the molecule is CCNC(=NCc1ccc(CN2CCCC2=O)cc1)N1CCN(c2ccccc2O)CC1.I. The second kappa shape index (κ2) is 12.1. The third kappa shape index (κ3) is 6.52. The monoisotopic (exact) mass is 563 g/mol. The number of aromatic hydroxyl groups is 1. The van der Waals surface area contributed by atoms with E-state index >= 15 is 0 Å². The molecule has 1 amide bonds. The Bertz CT molecular complexity index is 942. The molecular weight excluding hydrogens is 529 g/mol. The third-order valence-corrected chi connectivity index (χ3v) is 6.12. The number of carbonyl (C=O) groups is 1. The molecule has 0 saturated carbocycles. The van der Waals surface area contributed by atoms with Crippen LogP contribution in [-0.2, 0) is 17.9 Å². The highest BCUT2D eigenvalue weighted by molar-refractivity contribution is 14.0. The quantitative estimate of drug-likeness (QED) is 0.320. The summed E-state index contributed by atoms with van der Waals surface area (Å²) in [6, 6.07) is 15.9. The van der Waals surface area contributed by atoms with Crippen molar-refractivity contribution in [1.82, 2.24) is 15.1 Å². The molecule has 33 heavy (non-hydrogen) atoms. The van der Waals surface area contributed by atoms with Crippen LogP contribution in [0.3, 0.4) is 0 Å². The highest BCUT2D eigenvalue weighted by atomic mass is 127. The van der Waals surface area contributed by atoms with Crippen molar-refractivity contribution >= 4 is 41.5 Å². The van der Waals surface area contributed by atoms with Crippen LogP contribution in [0.15, 0.2) is 53.5 Å². The number of para-hydroxylation sites is 2. The average molecular weight is 563 g/mol. The van der Waals surface area contributed by atoms with Crippen LogP contribution in [0.5, 0.6) is 5.75 Å². The smallest absolute Gasteiger partial charge is 0.222 e. The van der Waals surface area contributed by atoms with Gasteiger partial charge < -0.3 is 25.1 Å². The Morgan fingerprint density at radius 2 is 1.70 bits per heavy atom. The van der Waals surface area contributed by atoms with Crippen molar-refractivity contribution in [2.45, 2.75) is 32.9 Å². The first kappa shape index (κ1) is 25.1. The fourth-order valence-corrected chi connectivity index (χ4v) is 4.32. The molecule has 2 aromatic carbocycles. The summed E-state index contributed by atoms with van der Waals surface area (Å²) in [7, 11) is 0. The minimum Gasteiger partial charge on any atom is -0.506 e. The molecule has 2 fully saturated rings. The Labute approximate surface area is 213 Å². The number of amides is 1. The van der Waals surface area contributed by atoms with Gasteiger partial charge in [-0.1, -0.05) is 36.4 Å². The number of rotatable bonds is 6. The van der Waals surface area contributed by atoms with Gasteiger partial charge in [-0.2, -0.15) is 0 Å². The van der Waals surface area contributed by atoms with Crippen molar-refractivity contribution in [3.63, 3.8) is 0 Å². The van der Waals surface area contributed by atoms with Gasteiger partial charge in [0.2, 0.25) is 5.91 Å². The highest BCUT2D eigenvalue weighted by Crippen LogP contribution is 2.27. The zero-order valence-corrected chi connectivity index (χ0v) is 21.6. The molecule has 0 radical (unpaired) electrons. The largest absolute Gasteiger partial charge is 0.506 e. The summed E-state index contributed by atoms with van der Waals surface area (Å²) < 4.78 is 0. The molecule has 7 nitrogen and oxygen atoms in total. The number of carbonyl (C=O) groups excluding carboxylic acids is 1. The Morgan fingerprint density at radius 3 is 2.33 bits per heavy atom. The zero-order valence-electron chi connectivity index (χ0n) is 19.2. The predicted molar refractivity (Wildman–Crippen MR) is 143 cm³/mol. The van der Waals surface area contributed by atoms with E-state index in [0.29, 0.717) is 25.3 Å². The molecule has 2 aliphatic rings. The van der Waals surface area contributed by atoms with Gasteiger partial charge in [-0.05, 0) is 36.6 Å². The van der Waals surface area contributed by atoms with E-state index in [1.54, 1.807) is 6.07 Å². The molecule has 2 N–H and O–H groups in total. The van der Waals surface area contributed by atoms with Gasteiger partial charge in [0.15, 0.2) is 5.96 Å². The van der Waals surface area contributed by atoms with Crippen molar-refractivity contribution in [3.8, 4) is 5.75 Å². The maximum Gasteiger partial charge on any atom is 0.222 e. The maximum absolute atomic E-state index is 11.8. The number of nitrogens with zero attached hydrogens (tertiary/aromatic N) is 4. The van der Waals surface area contributed by atoms with Gasteiger partial charge in [-0.25, -0.2) is 4.99 Å². The second-order valence-corrected chi connectivity index (χ2v) is 8.37. The molecule has 0 aromatic heterocycles. The molecule has 8 heteroatoms. The molecule has 2 aromatic rings. The van der Waals surface area contributed by atoms with Gasteiger partial charge in [0.1, 0.15) is 5.75 Å². The van der Waals surface area contributed by atoms with Crippen molar-refractivity contribution < 1.29 is 9.90 Å². The van der Waals surface area contributed by atoms with Crippen LogP contribution in [0.2, 0.25) is 0 Å². The van der Waals surface area contributed by atoms with E-state index in [0.717, 1.165) is 62.9 Å². The number of likely N-dealkylation sites (tertiary alicyclic amines) is 1. The number of aliphatic imine (C=N–C) groups is 1. The number of phenolic OH excluding ortho intramolecular Hbond substituents is 1. The van der Waals surface area contributed by atoms with E-state index in [9.17, 15) is 9.90 Å².